The molecule has 220 valence electrons. The molecule has 0 saturated heterocycles. The van der Waals surface area contributed by atoms with Gasteiger partial charge in [0.15, 0.2) is 23.0 Å². The van der Waals surface area contributed by atoms with Crippen LogP contribution in [0.5, 0.6) is 17.2 Å². The number of esters is 2. The van der Waals surface area contributed by atoms with Crippen LogP contribution >= 0.6 is 11.6 Å². The molecule has 10 heteroatoms. The van der Waals surface area contributed by atoms with Crippen molar-refractivity contribution in [3.8, 4) is 17.2 Å². The monoisotopic (exact) mass is 577 g/mol. The number of nitrogens with zero attached hydrogens (tertiary/aromatic N) is 1. The van der Waals surface area contributed by atoms with Gasteiger partial charge in [-0.3, -0.25) is 14.4 Å². The van der Waals surface area contributed by atoms with E-state index >= 15 is 0 Å². The van der Waals surface area contributed by atoms with Crippen LogP contribution in [0.25, 0.3) is 0 Å². The molecule has 0 saturated carbocycles. The minimum atomic E-state index is -0.757. The molecule has 0 fully saturated rings. The predicted octanol–water partition coefficient (Wildman–Crippen LogP) is 6.30. The van der Waals surface area contributed by atoms with Crippen molar-refractivity contribution in [2.24, 2.45) is 17.8 Å². The lowest BCUT2D eigenvalue weighted by Crippen LogP contribution is -2.41. The molecular weight excluding hydrogens is 538 g/mol. The van der Waals surface area contributed by atoms with Crippen LogP contribution in [0.1, 0.15) is 71.3 Å². The second-order valence-electron chi connectivity index (χ2n) is 9.80. The summed E-state index contributed by atoms with van der Waals surface area (Å²) in [6.07, 6.45) is 1.82. The molecule has 0 aliphatic carbocycles. The van der Waals surface area contributed by atoms with Crippen LogP contribution in [-0.2, 0) is 19.1 Å². The first-order valence-electron chi connectivity index (χ1n) is 13.5. The Hall–Kier alpha value is -3.33. The number of carbonyl (C=O) groups excluding carboxylic acids is 3. The number of aromatic nitrogens is 1. The molecule has 0 amide bonds. The number of para-hydroxylation sites is 1. The lowest BCUT2D eigenvalue weighted by atomic mass is 9.89. The van der Waals surface area contributed by atoms with E-state index in [-0.39, 0.29) is 35.4 Å². The number of halogens is 1. The SMILES string of the molecule is CCC(CC)[C@@H](Oc1ccccc1Cl)[C@H](C)OC(=O)[C@@H](CC(=O)c1nccc(OC)c1OCOC(C)=O)C(C)C. The van der Waals surface area contributed by atoms with Gasteiger partial charge in [0.25, 0.3) is 0 Å². The lowest BCUT2D eigenvalue weighted by Gasteiger charge is -2.32. The van der Waals surface area contributed by atoms with E-state index in [0.29, 0.717) is 10.8 Å². The van der Waals surface area contributed by atoms with Gasteiger partial charge in [-0.05, 0) is 43.7 Å². The van der Waals surface area contributed by atoms with Crippen LogP contribution in [0.2, 0.25) is 5.02 Å². The minimum absolute atomic E-state index is 0.0300. The molecule has 0 bridgehead atoms. The average Bonchev–Trinajstić information content (AvgIpc) is 2.92. The number of methoxy groups -OCH3 is 1. The third-order valence-electron chi connectivity index (χ3n) is 6.71. The Morgan fingerprint density at radius 2 is 1.68 bits per heavy atom. The van der Waals surface area contributed by atoms with Crippen molar-refractivity contribution in [3.05, 3.63) is 47.2 Å². The van der Waals surface area contributed by atoms with Gasteiger partial charge >= 0.3 is 11.9 Å². The summed E-state index contributed by atoms with van der Waals surface area (Å²) in [5.41, 5.74) is -0.0324. The van der Waals surface area contributed by atoms with E-state index in [4.69, 9.17) is 35.3 Å². The van der Waals surface area contributed by atoms with Crippen LogP contribution in [0, 0.1) is 17.8 Å². The zero-order valence-corrected chi connectivity index (χ0v) is 25.0. The van der Waals surface area contributed by atoms with Gasteiger partial charge in [0.05, 0.1) is 18.1 Å². The first kappa shape index (κ1) is 32.9. The molecule has 0 aliphatic rings. The fourth-order valence-electron chi connectivity index (χ4n) is 4.34. The molecule has 1 aromatic carbocycles. The molecule has 9 nitrogen and oxygen atoms in total. The number of ketones is 1. The topological polar surface area (TPSA) is 110 Å². The summed E-state index contributed by atoms with van der Waals surface area (Å²) in [5, 5.41) is 0.472. The van der Waals surface area contributed by atoms with Crippen LogP contribution in [-0.4, -0.2) is 48.8 Å². The van der Waals surface area contributed by atoms with E-state index in [9.17, 15) is 14.4 Å². The first-order valence-corrected chi connectivity index (χ1v) is 13.9. The molecule has 1 heterocycles. The number of benzene rings is 1. The van der Waals surface area contributed by atoms with Gasteiger partial charge in [-0.15, -0.1) is 0 Å². The van der Waals surface area contributed by atoms with E-state index in [1.807, 2.05) is 26.0 Å². The Morgan fingerprint density at radius 3 is 2.25 bits per heavy atom. The predicted molar refractivity (Wildman–Crippen MR) is 151 cm³/mol. The van der Waals surface area contributed by atoms with E-state index < -0.39 is 42.6 Å². The Morgan fingerprint density at radius 1 is 1.00 bits per heavy atom. The normalized spacial score (nSPS) is 13.3. The highest BCUT2D eigenvalue weighted by Crippen LogP contribution is 2.33. The van der Waals surface area contributed by atoms with Crippen LogP contribution in [0.3, 0.4) is 0 Å². The third kappa shape index (κ3) is 9.11. The standard InChI is InChI=1S/C30H40ClNO8/c1-8-21(9-2)28(40-25-13-11-10-12-23(25)31)19(5)39-30(35)22(18(3)4)16-24(34)27-29(38-17-37-20(6)33)26(36-7)14-15-32-27/h10-15,18-19,21-22,28H,8-9,16-17H2,1-7H3/t19-,22-,28-/m0/s1. The quantitative estimate of drug-likeness (QED) is 0.129. The molecule has 3 atom stereocenters. The summed E-state index contributed by atoms with van der Waals surface area (Å²) in [6, 6.07) is 8.70. The second-order valence-corrected chi connectivity index (χ2v) is 10.2. The molecule has 2 aromatic rings. The number of rotatable bonds is 16. The second kappa shape index (κ2) is 16.1. The highest BCUT2D eigenvalue weighted by molar-refractivity contribution is 6.32. The number of hydrogen-bond acceptors (Lipinski definition) is 9. The molecule has 0 spiro atoms. The van der Waals surface area contributed by atoms with Gasteiger partial charge in [0, 0.05) is 25.6 Å². The summed E-state index contributed by atoms with van der Waals surface area (Å²) in [4.78, 5) is 42.2. The van der Waals surface area contributed by atoms with Crippen molar-refractivity contribution < 1.29 is 38.1 Å². The summed E-state index contributed by atoms with van der Waals surface area (Å²) in [5.74, 6) is -1.57. The first-order chi connectivity index (χ1) is 19.0. The van der Waals surface area contributed by atoms with Gasteiger partial charge in [0.1, 0.15) is 18.0 Å². The highest BCUT2D eigenvalue weighted by Gasteiger charge is 2.35. The number of hydrogen-bond donors (Lipinski definition) is 0. The zero-order chi connectivity index (χ0) is 29.8. The summed E-state index contributed by atoms with van der Waals surface area (Å²) in [6.45, 7) is 10.4. The van der Waals surface area contributed by atoms with Crippen molar-refractivity contribution in [2.45, 2.75) is 73.0 Å². The Kier molecular flexibility index (Phi) is 13.2. The van der Waals surface area contributed by atoms with Crippen molar-refractivity contribution in [3.63, 3.8) is 0 Å². The maximum absolute atomic E-state index is 13.5. The van der Waals surface area contributed by atoms with Crippen molar-refractivity contribution in [2.75, 3.05) is 13.9 Å². The van der Waals surface area contributed by atoms with Gasteiger partial charge in [-0.1, -0.05) is 51.4 Å². The van der Waals surface area contributed by atoms with E-state index in [0.717, 1.165) is 12.8 Å². The van der Waals surface area contributed by atoms with E-state index in [2.05, 4.69) is 18.8 Å². The molecule has 0 N–H and O–H groups in total. The van der Waals surface area contributed by atoms with E-state index in [1.165, 1.54) is 26.3 Å². The average molecular weight is 578 g/mol. The van der Waals surface area contributed by atoms with Gasteiger partial charge < -0.3 is 23.7 Å². The molecule has 0 radical (unpaired) electrons. The maximum atomic E-state index is 13.5. The van der Waals surface area contributed by atoms with Crippen LogP contribution in [0.15, 0.2) is 36.5 Å². The zero-order valence-electron chi connectivity index (χ0n) is 24.3. The number of pyridine rings is 1. The smallest absolute Gasteiger partial charge is 0.310 e. The Labute approximate surface area is 241 Å². The van der Waals surface area contributed by atoms with Crippen molar-refractivity contribution >= 4 is 29.3 Å². The molecular formula is C30H40ClNO8. The molecule has 0 aliphatic heterocycles. The third-order valence-corrected chi connectivity index (χ3v) is 7.02. The lowest BCUT2D eigenvalue weighted by molar-refractivity contribution is -0.161. The molecule has 2 rings (SSSR count). The highest BCUT2D eigenvalue weighted by atomic mass is 35.5. The number of Topliss-reactive ketones (excluding diaryl/α,β-unsaturated/α-hetero) is 1. The van der Waals surface area contributed by atoms with Gasteiger partial charge in [-0.2, -0.15) is 0 Å². The summed E-state index contributed by atoms with van der Waals surface area (Å²) >= 11 is 6.34. The largest absolute Gasteiger partial charge is 0.493 e. The maximum Gasteiger partial charge on any atom is 0.310 e. The molecule has 1 aromatic heterocycles. The Balaban J connectivity index is 2.25. The summed E-state index contributed by atoms with van der Waals surface area (Å²) < 4.78 is 27.9. The van der Waals surface area contributed by atoms with Crippen molar-refractivity contribution in [1.82, 2.24) is 4.98 Å². The van der Waals surface area contributed by atoms with Gasteiger partial charge in [0.2, 0.25) is 6.79 Å². The van der Waals surface area contributed by atoms with E-state index in [1.54, 1.807) is 19.1 Å². The fraction of sp³-hybridized carbons (Fsp3) is 0.533. The van der Waals surface area contributed by atoms with Gasteiger partial charge in [-0.25, -0.2) is 4.98 Å². The van der Waals surface area contributed by atoms with Crippen LogP contribution < -0.4 is 14.2 Å². The molecule has 40 heavy (non-hydrogen) atoms. The minimum Gasteiger partial charge on any atom is -0.493 e. The Bertz CT molecular complexity index is 1130. The number of carbonyl (C=O) groups is 3. The summed E-state index contributed by atoms with van der Waals surface area (Å²) in [7, 11) is 1.42. The van der Waals surface area contributed by atoms with Crippen LogP contribution in [0.4, 0.5) is 0 Å². The number of ether oxygens (including phenoxy) is 5. The fourth-order valence-corrected chi connectivity index (χ4v) is 4.52. The molecule has 0 unspecified atom stereocenters. The van der Waals surface area contributed by atoms with Crippen molar-refractivity contribution in [1.29, 1.82) is 0 Å².